The summed E-state index contributed by atoms with van der Waals surface area (Å²) in [6, 6.07) is 21.2. The zero-order valence-corrected chi connectivity index (χ0v) is 26.5. The van der Waals surface area contributed by atoms with Gasteiger partial charge >= 0.3 is 5.97 Å². The van der Waals surface area contributed by atoms with Crippen LogP contribution in [0.3, 0.4) is 0 Å². The van der Waals surface area contributed by atoms with Crippen LogP contribution in [0.5, 0.6) is 28.7 Å². The van der Waals surface area contributed by atoms with Gasteiger partial charge in [-0.1, -0.05) is 54.4 Å². The lowest BCUT2D eigenvalue weighted by Crippen LogP contribution is -2.21. The van der Waals surface area contributed by atoms with Crippen LogP contribution >= 0.6 is 23.2 Å². The van der Waals surface area contributed by atoms with E-state index in [1.807, 2.05) is 19.9 Å². The van der Waals surface area contributed by atoms with E-state index in [9.17, 15) is 14.4 Å². The van der Waals surface area contributed by atoms with Crippen molar-refractivity contribution in [2.24, 2.45) is 5.73 Å². The van der Waals surface area contributed by atoms with Gasteiger partial charge < -0.3 is 29.4 Å². The van der Waals surface area contributed by atoms with Crippen LogP contribution in [0.2, 0.25) is 10.0 Å². The molecule has 0 aromatic heterocycles. The number of nitrogens with two attached hydrogens (primary N) is 1. The molecule has 4 aromatic carbocycles. The topological polar surface area (TPSA) is 113 Å². The van der Waals surface area contributed by atoms with Crippen LogP contribution in [0.1, 0.15) is 53.2 Å². The highest BCUT2D eigenvalue weighted by molar-refractivity contribution is 6.37. The summed E-state index contributed by atoms with van der Waals surface area (Å²) in [7, 11) is 0. The molecule has 11 heteroatoms. The number of esters is 1. The van der Waals surface area contributed by atoms with E-state index in [0.29, 0.717) is 47.3 Å². The highest BCUT2D eigenvalue weighted by Gasteiger charge is 2.32. The first kappa shape index (κ1) is 32.5. The summed E-state index contributed by atoms with van der Waals surface area (Å²) in [6.07, 6.45) is 0.763. The standard InChI is InChI=1S/C35H29Cl2FN2O6/c1-3-13-43-33-27(36)14-22(15-28(33)37)35(41)45-24-10-11-25-30(17-24)46-34(40)26(18-39)32(25)21-7-12-29(31(16-21)42-4-2)44-19-20-5-8-23(38)9-6-20/h5-12,14-17,32H,3-4,13,19,40H2,1-2H3. The predicted molar refractivity (Wildman–Crippen MR) is 171 cm³/mol. The minimum Gasteiger partial charge on any atom is -0.490 e. The number of nitriles is 1. The monoisotopic (exact) mass is 662 g/mol. The molecular formula is C35H29Cl2FN2O6. The Kier molecular flexibility index (Phi) is 10.2. The number of benzene rings is 4. The first-order chi connectivity index (χ1) is 22.2. The maximum atomic E-state index is 13.3. The molecule has 1 atom stereocenters. The molecule has 46 heavy (non-hydrogen) atoms. The van der Waals surface area contributed by atoms with E-state index in [2.05, 4.69) is 6.07 Å². The molecule has 0 aliphatic carbocycles. The molecule has 0 amide bonds. The number of hydrogen-bond acceptors (Lipinski definition) is 8. The van der Waals surface area contributed by atoms with Crippen molar-refractivity contribution < 1.29 is 32.9 Å². The number of ether oxygens (including phenoxy) is 5. The molecule has 0 radical (unpaired) electrons. The molecule has 1 unspecified atom stereocenters. The molecule has 1 heterocycles. The quantitative estimate of drug-likeness (QED) is 0.126. The molecule has 0 fully saturated rings. The van der Waals surface area contributed by atoms with E-state index in [0.717, 1.165) is 12.0 Å². The molecule has 4 aromatic rings. The van der Waals surface area contributed by atoms with Crippen LogP contribution in [0, 0.1) is 17.1 Å². The first-order valence-electron chi connectivity index (χ1n) is 14.4. The minimum atomic E-state index is -0.697. The van der Waals surface area contributed by atoms with E-state index in [1.165, 1.54) is 30.3 Å². The van der Waals surface area contributed by atoms with Crippen molar-refractivity contribution >= 4 is 29.2 Å². The van der Waals surface area contributed by atoms with Gasteiger partial charge in [-0.05, 0) is 66.9 Å². The largest absolute Gasteiger partial charge is 0.490 e. The second-order valence-electron chi connectivity index (χ2n) is 10.2. The van der Waals surface area contributed by atoms with E-state index >= 15 is 0 Å². The number of carbonyl (C=O) groups excluding carboxylic acids is 1. The Morgan fingerprint density at radius 2 is 1.70 bits per heavy atom. The number of nitrogens with zero attached hydrogens (tertiary/aromatic N) is 1. The Labute approximate surface area is 275 Å². The van der Waals surface area contributed by atoms with Crippen molar-refractivity contribution in [3.8, 4) is 34.8 Å². The van der Waals surface area contributed by atoms with Crippen molar-refractivity contribution in [1.29, 1.82) is 5.26 Å². The van der Waals surface area contributed by atoms with Crippen LogP contribution in [0.25, 0.3) is 0 Å². The Morgan fingerprint density at radius 3 is 2.37 bits per heavy atom. The average Bonchev–Trinajstić information content (AvgIpc) is 3.04. The fourth-order valence-corrected chi connectivity index (χ4v) is 5.46. The van der Waals surface area contributed by atoms with Crippen molar-refractivity contribution in [2.75, 3.05) is 13.2 Å². The van der Waals surface area contributed by atoms with Gasteiger partial charge in [-0.2, -0.15) is 5.26 Å². The molecule has 1 aliphatic rings. The van der Waals surface area contributed by atoms with Crippen LogP contribution < -0.4 is 29.4 Å². The molecule has 5 rings (SSSR count). The zero-order chi connectivity index (χ0) is 32.8. The maximum absolute atomic E-state index is 13.3. The molecule has 0 saturated carbocycles. The Balaban J connectivity index is 1.41. The fraction of sp³-hybridized carbons (Fsp3) is 0.200. The van der Waals surface area contributed by atoms with Crippen molar-refractivity contribution in [3.05, 3.63) is 122 Å². The number of rotatable bonds is 11. The summed E-state index contributed by atoms with van der Waals surface area (Å²) in [5.41, 5.74) is 8.65. The summed E-state index contributed by atoms with van der Waals surface area (Å²) in [6.45, 7) is 4.78. The minimum absolute atomic E-state index is 0.0840. The molecule has 0 spiro atoms. The van der Waals surface area contributed by atoms with E-state index < -0.39 is 11.9 Å². The summed E-state index contributed by atoms with van der Waals surface area (Å²) >= 11 is 12.6. The normalized spacial score (nSPS) is 13.7. The van der Waals surface area contributed by atoms with Crippen LogP contribution in [-0.2, 0) is 6.61 Å². The SMILES string of the molecule is CCCOc1c(Cl)cc(C(=O)Oc2ccc3c(c2)OC(N)=C(C#N)C3c2ccc(OCc3ccc(F)cc3)c(OCC)c2)cc1Cl. The summed E-state index contributed by atoms with van der Waals surface area (Å²) in [4.78, 5) is 13.0. The Bertz CT molecular complexity index is 1820. The van der Waals surface area contributed by atoms with Gasteiger partial charge in [0.1, 0.15) is 35.6 Å². The van der Waals surface area contributed by atoms with E-state index in [-0.39, 0.29) is 45.2 Å². The van der Waals surface area contributed by atoms with Gasteiger partial charge in [-0.25, -0.2) is 9.18 Å². The molecular weight excluding hydrogens is 634 g/mol. The molecule has 8 nitrogen and oxygen atoms in total. The van der Waals surface area contributed by atoms with Crippen LogP contribution in [0.15, 0.2) is 84.3 Å². The van der Waals surface area contributed by atoms with Crippen LogP contribution in [0.4, 0.5) is 4.39 Å². The van der Waals surface area contributed by atoms with Gasteiger partial charge in [0.05, 0.1) is 34.7 Å². The predicted octanol–water partition coefficient (Wildman–Crippen LogP) is 8.34. The smallest absolute Gasteiger partial charge is 0.343 e. The van der Waals surface area contributed by atoms with Gasteiger partial charge in [-0.3, -0.25) is 0 Å². The molecule has 236 valence electrons. The average molecular weight is 664 g/mol. The van der Waals surface area contributed by atoms with Crippen molar-refractivity contribution in [2.45, 2.75) is 32.8 Å². The number of hydrogen-bond donors (Lipinski definition) is 1. The van der Waals surface area contributed by atoms with Gasteiger partial charge in [-0.15, -0.1) is 0 Å². The third-order valence-corrected chi connectivity index (χ3v) is 7.56. The maximum Gasteiger partial charge on any atom is 0.343 e. The summed E-state index contributed by atoms with van der Waals surface area (Å²) in [5, 5.41) is 10.4. The van der Waals surface area contributed by atoms with Gasteiger partial charge in [0.15, 0.2) is 17.2 Å². The Hall–Kier alpha value is -4.91. The second kappa shape index (κ2) is 14.5. The molecule has 0 bridgehead atoms. The van der Waals surface area contributed by atoms with Gasteiger partial charge in [0.2, 0.25) is 5.88 Å². The second-order valence-corrected chi connectivity index (χ2v) is 11.0. The third-order valence-electron chi connectivity index (χ3n) is 6.99. The summed E-state index contributed by atoms with van der Waals surface area (Å²) < 4.78 is 42.2. The lowest BCUT2D eigenvalue weighted by molar-refractivity contribution is 0.0734. The third kappa shape index (κ3) is 7.15. The fourth-order valence-electron chi connectivity index (χ4n) is 4.86. The number of carbonyl (C=O) groups is 1. The zero-order valence-electron chi connectivity index (χ0n) is 24.9. The van der Waals surface area contributed by atoms with Gasteiger partial charge in [0.25, 0.3) is 0 Å². The van der Waals surface area contributed by atoms with Gasteiger partial charge in [0, 0.05) is 11.6 Å². The van der Waals surface area contributed by atoms with Crippen molar-refractivity contribution in [3.63, 3.8) is 0 Å². The summed E-state index contributed by atoms with van der Waals surface area (Å²) in [5.74, 6) is -0.0119. The highest BCUT2D eigenvalue weighted by Crippen LogP contribution is 2.45. The first-order valence-corrected chi connectivity index (χ1v) is 15.2. The van der Waals surface area contributed by atoms with E-state index in [1.54, 1.807) is 36.4 Å². The lowest BCUT2D eigenvalue weighted by atomic mass is 9.83. The highest BCUT2D eigenvalue weighted by atomic mass is 35.5. The van der Waals surface area contributed by atoms with Crippen LogP contribution in [-0.4, -0.2) is 19.2 Å². The van der Waals surface area contributed by atoms with Crippen molar-refractivity contribution in [1.82, 2.24) is 0 Å². The van der Waals surface area contributed by atoms with E-state index in [4.69, 9.17) is 52.6 Å². The molecule has 2 N–H and O–H groups in total. The Morgan fingerprint density at radius 1 is 0.957 bits per heavy atom. The number of fused-ring (bicyclic) bond motifs is 1. The molecule has 0 saturated heterocycles. The number of allylic oxidation sites excluding steroid dienone is 1. The lowest BCUT2D eigenvalue weighted by Gasteiger charge is -2.27. The number of halogens is 3. The molecule has 1 aliphatic heterocycles.